The SMILES string of the molecule is C=Cc1cccc(C(C(=O)NCC(=O)OC)N(CCCCCC)C(=O)C(CCSC)NC(=O)OC(C)(C)C)c1. The molecule has 2 atom stereocenters. The molecule has 0 saturated heterocycles. The minimum absolute atomic E-state index is 0.291. The zero-order valence-electron chi connectivity index (χ0n) is 24.2. The standard InChI is InChI=1S/C29H45N3O6S/c1-8-10-11-12-17-32(27(35)23(16-18-39-7)31-28(36)38-29(3,4)5)25(26(34)30-20-24(33)37-6)22-15-13-14-21(9-2)19-22/h9,13-15,19,23,25H,2,8,10-12,16-18,20H2,1,3-7H3,(H,30,34)(H,31,36). The van der Waals surface area contributed by atoms with Gasteiger partial charge in [0.25, 0.3) is 0 Å². The molecule has 39 heavy (non-hydrogen) atoms. The third kappa shape index (κ3) is 12.6. The number of amides is 3. The summed E-state index contributed by atoms with van der Waals surface area (Å²) >= 11 is 1.55. The molecule has 1 aromatic carbocycles. The molecular formula is C29H45N3O6S. The third-order valence-corrected chi connectivity index (χ3v) is 6.44. The molecule has 1 rings (SSSR count). The highest BCUT2D eigenvalue weighted by Crippen LogP contribution is 2.25. The Kier molecular flexibility index (Phi) is 15.3. The molecule has 0 fully saturated rings. The summed E-state index contributed by atoms with van der Waals surface area (Å²) in [5.41, 5.74) is 0.611. The molecule has 9 nitrogen and oxygen atoms in total. The number of nitrogens with zero attached hydrogens (tertiary/aromatic N) is 1. The van der Waals surface area contributed by atoms with Crippen molar-refractivity contribution in [2.24, 2.45) is 0 Å². The van der Waals surface area contributed by atoms with E-state index in [0.717, 1.165) is 24.8 Å². The van der Waals surface area contributed by atoms with Gasteiger partial charge in [-0.05, 0) is 62.8 Å². The van der Waals surface area contributed by atoms with Crippen molar-refractivity contribution in [2.45, 2.75) is 77.5 Å². The molecule has 3 amide bonds. The number of hydrogen-bond donors (Lipinski definition) is 2. The van der Waals surface area contributed by atoms with Gasteiger partial charge in [-0.15, -0.1) is 0 Å². The molecule has 0 aliphatic rings. The summed E-state index contributed by atoms with van der Waals surface area (Å²) in [5, 5.41) is 5.34. The third-order valence-electron chi connectivity index (χ3n) is 5.79. The Hall–Kier alpha value is -3.01. The van der Waals surface area contributed by atoms with E-state index in [0.29, 0.717) is 30.7 Å². The monoisotopic (exact) mass is 563 g/mol. The van der Waals surface area contributed by atoms with Gasteiger partial charge >= 0.3 is 12.1 Å². The Morgan fingerprint density at radius 1 is 1.15 bits per heavy atom. The first-order valence-electron chi connectivity index (χ1n) is 13.3. The van der Waals surface area contributed by atoms with E-state index < -0.39 is 41.6 Å². The van der Waals surface area contributed by atoms with E-state index >= 15 is 0 Å². The average Bonchev–Trinajstić information content (AvgIpc) is 2.89. The Bertz CT molecular complexity index is 963. The van der Waals surface area contributed by atoms with Crippen LogP contribution in [0.2, 0.25) is 0 Å². The first kappa shape index (κ1) is 34.0. The highest BCUT2D eigenvalue weighted by atomic mass is 32.2. The minimum atomic E-state index is -1.04. The summed E-state index contributed by atoms with van der Waals surface area (Å²) in [6, 6.07) is 5.24. The summed E-state index contributed by atoms with van der Waals surface area (Å²) in [6.07, 6.45) is 6.77. The number of nitrogens with one attached hydrogen (secondary N) is 2. The van der Waals surface area contributed by atoms with Crippen molar-refractivity contribution < 1.29 is 28.7 Å². The van der Waals surface area contributed by atoms with Gasteiger partial charge in [0, 0.05) is 6.54 Å². The molecule has 0 aliphatic heterocycles. The van der Waals surface area contributed by atoms with Crippen LogP contribution in [0.25, 0.3) is 6.08 Å². The summed E-state index contributed by atoms with van der Waals surface area (Å²) in [5.74, 6) is -0.909. The molecule has 0 saturated carbocycles. The van der Waals surface area contributed by atoms with Crippen molar-refractivity contribution >= 4 is 41.7 Å². The van der Waals surface area contributed by atoms with Crippen LogP contribution in [0.15, 0.2) is 30.8 Å². The molecule has 0 aromatic heterocycles. The zero-order valence-corrected chi connectivity index (χ0v) is 25.0. The molecule has 0 heterocycles. The number of ether oxygens (including phenoxy) is 2. The Labute approximate surface area is 237 Å². The molecule has 1 aromatic rings. The van der Waals surface area contributed by atoms with Gasteiger partial charge in [0.1, 0.15) is 24.2 Å². The summed E-state index contributed by atoms with van der Waals surface area (Å²) in [6.45, 7) is 11.1. The van der Waals surface area contributed by atoms with Crippen molar-refractivity contribution in [3.05, 3.63) is 42.0 Å². The van der Waals surface area contributed by atoms with Crippen molar-refractivity contribution in [2.75, 3.05) is 32.2 Å². The minimum Gasteiger partial charge on any atom is -0.468 e. The maximum absolute atomic E-state index is 14.1. The maximum Gasteiger partial charge on any atom is 0.408 e. The number of unbranched alkanes of at least 4 members (excludes halogenated alkanes) is 3. The Morgan fingerprint density at radius 2 is 1.87 bits per heavy atom. The Balaban J connectivity index is 3.51. The van der Waals surface area contributed by atoms with E-state index in [4.69, 9.17) is 4.74 Å². The summed E-state index contributed by atoms with van der Waals surface area (Å²) < 4.78 is 10.1. The number of benzene rings is 1. The molecule has 0 aliphatic carbocycles. The van der Waals surface area contributed by atoms with E-state index in [1.54, 1.807) is 56.8 Å². The number of rotatable bonds is 16. The van der Waals surface area contributed by atoms with E-state index in [9.17, 15) is 19.2 Å². The van der Waals surface area contributed by atoms with Gasteiger partial charge in [0.05, 0.1) is 7.11 Å². The second-order valence-corrected chi connectivity index (χ2v) is 11.1. The predicted octanol–water partition coefficient (Wildman–Crippen LogP) is 4.72. The quantitative estimate of drug-likeness (QED) is 0.221. The summed E-state index contributed by atoms with van der Waals surface area (Å²) in [4.78, 5) is 53.7. The molecule has 10 heteroatoms. The number of carbonyl (C=O) groups excluding carboxylic acids is 4. The van der Waals surface area contributed by atoms with E-state index in [1.165, 1.54) is 12.0 Å². The smallest absolute Gasteiger partial charge is 0.408 e. The van der Waals surface area contributed by atoms with Crippen LogP contribution in [0.1, 0.15) is 77.0 Å². The van der Waals surface area contributed by atoms with Crippen molar-refractivity contribution in [3.63, 3.8) is 0 Å². The molecular weight excluding hydrogens is 518 g/mol. The second-order valence-electron chi connectivity index (χ2n) is 10.1. The lowest BCUT2D eigenvalue weighted by atomic mass is 9.99. The topological polar surface area (TPSA) is 114 Å². The second kappa shape index (κ2) is 17.6. The molecule has 0 bridgehead atoms. The predicted molar refractivity (Wildman–Crippen MR) is 156 cm³/mol. The number of thioether (sulfide) groups is 1. The number of alkyl carbamates (subject to hydrolysis) is 1. The number of methoxy groups -OCH3 is 1. The fraction of sp³-hybridized carbons (Fsp3) is 0.586. The van der Waals surface area contributed by atoms with Crippen LogP contribution in [0, 0.1) is 0 Å². The van der Waals surface area contributed by atoms with Crippen LogP contribution in [0.5, 0.6) is 0 Å². The number of hydrogen-bond acceptors (Lipinski definition) is 7. The largest absolute Gasteiger partial charge is 0.468 e. The van der Waals surface area contributed by atoms with Crippen LogP contribution in [-0.4, -0.2) is 72.6 Å². The summed E-state index contributed by atoms with van der Waals surface area (Å²) in [7, 11) is 1.24. The van der Waals surface area contributed by atoms with Crippen LogP contribution in [0.4, 0.5) is 4.79 Å². The van der Waals surface area contributed by atoms with E-state index in [1.807, 2.05) is 12.3 Å². The van der Waals surface area contributed by atoms with E-state index in [2.05, 4.69) is 28.9 Å². The lowest BCUT2D eigenvalue weighted by molar-refractivity contribution is -0.144. The van der Waals surface area contributed by atoms with Crippen molar-refractivity contribution in [1.29, 1.82) is 0 Å². The van der Waals surface area contributed by atoms with Gasteiger partial charge in [-0.1, -0.05) is 57.0 Å². The number of esters is 1. The van der Waals surface area contributed by atoms with Gasteiger partial charge in [-0.25, -0.2) is 4.79 Å². The maximum atomic E-state index is 14.1. The van der Waals surface area contributed by atoms with Crippen LogP contribution in [-0.2, 0) is 23.9 Å². The molecule has 2 unspecified atom stereocenters. The fourth-order valence-electron chi connectivity index (χ4n) is 3.88. The van der Waals surface area contributed by atoms with Gasteiger partial charge in [0.15, 0.2) is 0 Å². The van der Waals surface area contributed by atoms with Gasteiger partial charge in [-0.3, -0.25) is 14.4 Å². The highest BCUT2D eigenvalue weighted by molar-refractivity contribution is 7.98. The van der Waals surface area contributed by atoms with Crippen LogP contribution < -0.4 is 10.6 Å². The van der Waals surface area contributed by atoms with E-state index in [-0.39, 0.29) is 6.54 Å². The molecule has 2 N–H and O–H groups in total. The van der Waals surface area contributed by atoms with Gasteiger partial charge < -0.3 is 25.0 Å². The first-order valence-corrected chi connectivity index (χ1v) is 14.7. The normalized spacial score (nSPS) is 12.6. The lowest BCUT2D eigenvalue weighted by Crippen LogP contribution is -2.53. The first-order chi connectivity index (χ1) is 18.5. The van der Waals surface area contributed by atoms with Crippen molar-refractivity contribution in [1.82, 2.24) is 15.5 Å². The molecule has 0 spiro atoms. The highest BCUT2D eigenvalue weighted by Gasteiger charge is 2.36. The lowest BCUT2D eigenvalue weighted by Gasteiger charge is -2.34. The number of carbonyl (C=O) groups is 4. The zero-order chi connectivity index (χ0) is 29.4. The Morgan fingerprint density at radius 3 is 2.46 bits per heavy atom. The fourth-order valence-corrected chi connectivity index (χ4v) is 4.35. The van der Waals surface area contributed by atoms with Crippen LogP contribution in [0.3, 0.4) is 0 Å². The molecule has 218 valence electrons. The van der Waals surface area contributed by atoms with Crippen LogP contribution >= 0.6 is 11.8 Å². The molecule has 0 radical (unpaired) electrons. The average molecular weight is 564 g/mol. The van der Waals surface area contributed by atoms with Gasteiger partial charge in [0.2, 0.25) is 11.8 Å². The van der Waals surface area contributed by atoms with Crippen molar-refractivity contribution in [3.8, 4) is 0 Å². The van der Waals surface area contributed by atoms with Gasteiger partial charge in [-0.2, -0.15) is 11.8 Å².